The van der Waals surface area contributed by atoms with Crippen LogP contribution < -0.4 is 16.2 Å². The number of rotatable bonds is 4. The van der Waals surface area contributed by atoms with E-state index in [-0.39, 0.29) is 5.91 Å². The summed E-state index contributed by atoms with van der Waals surface area (Å²) in [5.41, 5.74) is 10.9. The second-order valence-corrected chi connectivity index (χ2v) is 7.42. The molecule has 8 heteroatoms. The minimum Gasteiger partial charge on any atom is -0.331 e. The average Bonchev–Trinajstić information content (AvgIpc) is 3.12. The molecule has 1 amide bonds. The molecule has 0 radical (unpaired) electrons. The number of amides is 1. The van der Waals surface area contributed by atoms with Crippen LogP contribution in [0.1, 0.15) is 23.4 Å². The van der Waals surface area contributed by atoms with E-state index >= 15 is 0 Å². The lowest BCUT2D eigenvalue weighted by molar-refractivity contribution is -0.121. The SMILES string of the molecule is Cc1nc2c3ccccc3nn2c(C)c1CCC(=O)NNC(=S)Nc1ccccc1. The molecule has 2 heterocycles. The van der Waals surface area contributed by atoms with Gasteiger partial charge in [-0.05, 0) is 62.3 Å². The number of hydrazine groups is 1. The number of para-hydroxylation sites is 1. The van der Waals surface area contributed by atoms with Gasteiger partial charge in [-0.1, -0.05) is 30.3 Å². The Morgan fingerprint density at radius 1 is 1.03 bits per heavy atom. The standard InChI is InChI=1S/C22H22N6OS/c1-14-17(15(2)28-21(23-14)18-10-6-7-11-19(18)27-28)12-13-20(29)25-26-22(30)24-16-8-4-3-5-9-16/h3-11H,12-13H2,1-2H3,(H,25,29)(H2,24,26,30). The van der Waals surface area contributed by atoms with Gasteiger partial charge in [0.2, 0.25) is 5.91 Å². The number of carbonyl (C=O) groups is 1. The maximum Gasteiger partial charge on any atom is 0.238 e. The molecule has 7 nitrogen and oxygen atoms in total. The summed E-state index contributed by atoms with van der Waals surface area (Å²) in [6.07, 6.45) is 0.861. The highest BCUT2D eigenvalue weighted by Gasteiger charge is 2.15. The third-order valence-corrected chi connectivity index (χ3v) is 5.17. The number of hydrogen-bond donors (Lipinski definition) is 3. The van der Waals surface area contributed by atoms with Crippen LogP contribution in [0.4, 0.5) is 5.69 Å². The first kappa shape index (κ1) is 19.8. The van der Waals surface area contributed by atoms with Crippen LogP contribution in [0.2, 0.25) is 0 Å². The molecule has 0 aliphatic heterocycles. The number of aromatic nitrogens is 3. The van der Waals surface area contributed by atoms with Gasteiger partial charge in [-0.15, -0.1) is 0 Å². The third-order valence-electron chi connectivity index (χ3n) is 4.97. The number of benzene rings is 2. The lowest BCUT2D eigenvalue weighted by Gasteiger charge is -2.13. The zero-order valence-corrected chi connectivity index (χ0v) is 17.6. The van der Waals surface area contributed by atoms with Crippen molar-refractivity contribution in [3.05, 3.63) is 71.5 Å². The molecule has 0 saturated heterocycles. The summed E-state index contributed by atoms with van der Waals surface area (Å²) in [5.74, 6) is -0.156. The Bertz CT molecular complexity index is 1230. The van der Waals surface area contributed by atoms with Crippen LogP contribution >= 0.6 is 12.2 Å². The highest BCUT2D eigenvalue weighted by Crippen LogP contribution is 2.22. The number of fused-ring (bicyclic) bond motifs is 3. The van der Waals surface area contributed by atoms with Crippen LogP contribution in [0.15, 0.2) is 54.6 Å². The number of carbonyl (C=O) groups excluding carboxylic acids is 1. The first-order valence-electron chi connectivity index (χ1n) is 9.67. The van der Waals surface area contributed by atoms with E-state index < -0.39 is 0 Å². The number of hydrogen-bond acceptors (Lipinski definition) is 4. The highest BCUT2D eigenvalue weighted by molar-refractivity contribution is 7.80. The first-order valence-corrected chi connectivity index (χ1v) is 10.1. The lowest BCUT2D eigenvalue weighted by Crippen LogP contribution is -2.43. The fourth-order valence-electron chi connectivity index (χ4n) is 3.45. The molecular formula is C22H22N6OS. The zero-order chi connectivity index (χ0) is 21.1. The molecule has 30 heavy (non-hydrogen) atoms. The minimum atomic E-state index is -0.156. The molecule has 0 aliphatic rings. The Hall–Kier alpha value is -3.52. The normalized spacial score (nSPS) is 10.9. The molecule has 2 aromatic heterocycles. The van der Waals surface area contributed by atoms with E-state index in [4.69, 9.17) is 17.2 Å². The second-order valence-electron chi connectivity index (χ2n) is 7.01. The number of aryl methyl sites for hydroxylation is 2. The van der Waals surface area contributed by atoms with Gasteiger partial charge >= 0.3 is 0 Å². The highest BCUT2D eigenvalue weighted by atomic mass is 32.1. The van der Waals surface area contributed by atoms with Crippen molar-refractivity contribution in [2.24, 2.45) is 0 Å². The van der Waals surface area contributed by atoms with E-state index in [1.165, 1.54) is 0 Å². The summed E-state index contributed by atoms with van der Waals surface area (Å²) in [5, 5.41) is 9.02. The van der Waals surface area contributed by atoms with Gasteiger partial charge in [-0.3, -0.25) is 15.6 Å². The molecule has 4 aromatic rings. The predicted octanol–water partition coefficient (Wildman–Crippen LogP) is 3.45. The van der Waals surface area contributed by atoms with Gasteiger partial charge in [0.25, 0.3) is 0 Å². The van der Waals surface area contributed by atoms with Crippen molar-refractivity contribution in [2.75, 3.05) is 5.32 Å². The average molecular weight is 419 g/mol. The molecule has 0 atom stereocenters. The molecule has 2 aromatic carbocycles. The Labute approximate surface area is 179 Å². The van der Waals surface area contributed by atoms with Crippen molar-refractivity contribution in [2.45, 2.75) is 26.7 Å². The van der Waals surface area contributed by atoms with Crippen LogP contribution in [-0.2, 0) is 11.2 Å². The van der Waals surface area contributed by atoms with Crippen LogP contribution in [0.25, 0.3) is 16.6 Å². The zero-order valence-electron chi connectivity index (χ0n) is 16.8. The Morgan fingerprint density at radius 2 is 1.77 bits per heavy atom. The van der Waals surface area contributed by atoms with Gasteiger partial charge in [0, 0.05) is 28.9 Å². The summed E-state index contributed by atoms with van der Waals surface area (Å²) >= 11 is 5.20. The third kappa shape index (κ3) is 4.08. The maximum absolute atomic E-state index is 12.3. The number of nitrogens with zero attached hydrogens (tertiary/aromatic N) is 3. The maximum atomic E-state index is 12.3. The Morgan fingerprint density at radius 3 is 2.57 bits per heavy atom. The Kier molecular flexibility index (Phi) is 5.58. The van der Waals surface area contributed by atoms with Crippen molar-refractivity contribution in [1.29, 1.82) is 0 Å². The van der Waals surface area contributed by atoms with Crippen molar-refractivity contribution in [3.63, 3.8) is 0 Å². The van der Waals surface area contributed by atoms with Gasteiger partial charge < -0.3 is 5.32 Å². The van der Waals surface area contributed by atoms with Crippen molar-refractivity contribution >= 4 is 45.5 Å². The van der Waals surface area contributed by atoms with Crippen molar-refractivity contribution in [3.8, 4) is 0 Å². The number of thiocarbonyl (C=S) groups is 1. The monoisotopic (exact) mass is 418 g/mol. The summed E-state index contributed by atoms with van der Waals surface area (Å²) in [6.45, 7) is 3.98. The molecule has 4 rings (SSSR count). The fraction of sp³-hybridized carbons (Fsp3) is 0.182. The van der Waals surface area contributed by atoms with Crippen LogP contribution in [0, 0.1) is 13.8 Å². The second kappa shape index (κ2) is 8.46. The van der Waals surface area contributed by atoms with E-state index in [9.17, 15) is 4.79 Å². The molecule has 0 spiro atoms. The Balaban J connectivity index is 1.40. The topological polar surface area (TPSA) is 83.4 Å². The van der Waals surface area contributed by atoms with Crippen molar-refractivity contribution in [1.82, 2.24) is 25.4 Å². The van der Waals surface area contributed by atoms with Crippen LogP contribution in [-0.4, -0.2) is 25.6 Å². The molecule has 152 valence electrons. The van der Waals surface area contributed by atoms with Gasteiger partial charge in [0.05, 0.1) is 5.52 Å². The van der Waals surface area contributed by atoms with Gasteiger partial charge in [0.1, 0.15) is 0 Å². The number of anilines is 1. The smallest absolute Gasteiger partial charge is 0.238 e. The molecular weight excluding hydrogens is 396 g/mol. The van der Waals surface area contributed by atoms with Crippen LogP contribution in [0.5, 0.6) is 0 Å². The first-order chi connectivity index (χ1) is 14.5. The van der Waals surface area contributed by atoms with E-state index in [0.29, 0.717) is 18.0 Å². The van der Waals surface area contributed by atoms with Gasteiger partial charge in [0.15, 0.2) is 10.8 Å². The summed E-state index contributed by atoms with van der Waals surface area (Å²) in [7, 11) is 0. The largest absolute Gasteiger partial charge is 0.331 e. The van der Waals surface area contributed by atoms with E-state index in [0.717, 1.165) is 39.2 Å². The number of nitrogens with one attached hydrogen (secondary N) is 3. The molecule has 0 fully saturated rings. The van der Waals surface area contributed by atoms with E-state index in [1.54, 1.807) is 0 Å². The summed E-state index contributed by atoms with van der Waals surface area (Å²) in [4.78, 5) is 17.0. The fourth-order valence-corrected chi connectivity index (χ4v) is 3.62. The summed E-state index contributed by atoms with van der Waals surface area (Å²) < 4.78 is 1.86. The van der Waals surface area contributed by atoms with Gasteiger partial charge in [-0.25, -0.2) is 9.50 Å². The molecule has 0 unspecified atom stereocenters. The lowest BCUT2D eigenvalue weighted by atomic mass is 10.1. The van der Waals surface area contributed by atoms with Gasteiger partial charge in [-0.2, -0.15) is 5.10 Å². The van der Waals surface area contributed by atoms with E-state index in [1.807, 2.05) is 73.0 Å². The van der Waals surface area contributed by atoms with Crippen molar-refractivity contribution < 1.29 is 4.79 Å². The summed E-state index contributed by atoms with van der Waals surface area (Å²) in [6, 6.07) is 17.5. The minimum absolute atomic E-state index is 0.156. The van der Waals surface area contributed by atoms with Crippen LogP contribution in [0.3, 0.4) is 0 Å². The van der Waals surface area contributed by atoms with E-state index in [2.05, 4.69) is 21.3 Å². The molecule has 3 N–H and O–H groups in total. The molecule has 0 bridgehead atoms. The molecule has 0 saturated carbocycles. The predicted molar refractivity (Wildman–Crippen MR) is 122 cm³/mol. The molecule has 0 aliphatic carbocycles. The quantitative estimate of drug-likeness (QED) is 0.348.